The van der Waals surface area contributed by atoms with Crippen molar-refractivity contribution in [3.8, 4) is 5.75 Å². The topological polar surface area (TPSA) is 82.2 Å². The van der Waals surface area contributed by atoms with E-state index in [0.29, 0.717) is 23.9 Å². The van der Waals surface area contributed by atoms with Crippen LogP contribution in [0.4, 0.5) is 11.5 Å². The molecular formula is C14H18N4O2. The molecule has 1 amide bonds. The molecule has 0 atom stereocenters. The highest BCUT2D eigenvalue weighted by Crippen LogP contribution is 2.14. The molecule has 6 heteroatoms. The highest BCUT2D eigenvalue weighted by molar-refractivity contribution is 5.89. The fraction of sp³-hybridized carbons (Fsp3) is 0.286. The summed E-state index contributed by atoms with van der Waals surface area (Å²) in [4.78, 5) is 11.8. The molecule has 1 aromatic carbocycles. The molecule has 0 aliphatic carbocycles. The van der Waals surface area contributed by atoms with Crippen LogP contribution < -0.4 is 15.8 Å². The zero-order valence-corrected chi connectivity index (χ0v) is 11.6. The number of aryl methyl sites for hydroxylation is 2. The molecule has 3 N–H and O–H groups in total. The van der Waals surface area contributed by atoms with Gasteiger partial charge in [0.25, 0.3) is 0 Å². The lowest BCUT2D eigenvalue weighted by Crippen LogP contribution is -2.17. The maximum absolute atomic E-state index is 11.8. The predicted molar refractivity (Wildman–Crippen MR) is 77.5 cm³/mol. The van der Waals surface area contributed by atoms with Gasteiger partial charge in [-0.2, -0.15) is 5.10 Å². The van der Waals surface area contributed by atoms with E-state index in [1.165, 1.54) is 0 Å². The number of carbonyl (C=O) groups excluding carboxylic acids is 1. The molecule has 0 saturated heterocycles. The maximum atomic E-state index is 11.8. The van der Waals surface area contributed by atoms with E-state index in [-0.39, 0.29) is 12.3 Å². The Hall–Kier alpha value is -2.50. The minimum Gasteiger partial charge on any atom is -0.493 e. The van der Waals surface area contributed by atoms with Gasteiger partial charge in [-0.05, 0) is 19.1 Å². The summed E-state index contributed by atoms with van der Waals surface area (Å²) in [5.41, 5.74) is 7.14. The van der Waals surface area contributed by atoms with E-state index in [0.717, 1.165) is 5.69 Å². The van der Waals surface area contributed by atoms with E-state index in [2.05, 4.69) is 10.4 Å². The van der Waals surface area contributed by atoms with Crippen molar-refractivity contribution in [2.45, 2.75) is 13.3 Å². The van der Waals surface area contributed by atoms with Crippen molar-refractivity contribution in [2.24, 2.45) is 7.05 Å². The quantitative estimate of drug-likeness (QED) is 0.813. The largest absolute Gasteiger partial charge is 0.493 e. The first-order valence-electron chi connectivity index (χ1n) is 6.33. The molecule has 0 radical (unpaired) electrons. The lowest BCUT2D eigenvalue weighted by molar-refractivity contribution is -0.116. The number of aromatic nitrogens is 2. The molecule has 106 valence electrons. The van der Waals surface area contributed by atoms with Crippen LogP contribution in [0.5, 0.6) is 5.75 Å². The minimum atomic E-state index is -0.114. The Morgan fingerprint density at radius 2 is 2.25 bits per heavy atom. The third kappa shape index (κ3) is 3.74. The summed E-state index contributed by atoms with van der Waals surface area (Å²) < 4.78 is 7.10. The third-order valence-corrected chi connectivity index (χ3v) is 2.73. The van der Waals surface area contributed by atoms with Crippen LogP contribution in [0, 0.1) is 6.92 Å². The fourth-order valence-corrected chi connectivity index (χ4v) is 1.80. The molecule has 2 rings (SSSR count). The van der Waals surface area contributed by atoms with E-state index in [1.807, 2.05) is 19.1 Å². The smallest absolute Gasteiger partial charge is 0.228 e. The highest BCUT2D eigenvalue weighted by atomic mass is 16.5. The number of ether oxygens (including phenoxy) is 1. The maximum Gasteiger partial charge on any atom is 0.228 e. The van der Waals surface area contributed by atoms with Gasteiger partial charge < -0.3 is 15.8 Å². The SMILES string of the molecule is Cc1cc(NC(=O)CCOc2cccc(N)c2)n(C)n1. The molecule has 2 aromatic rings. The second-order valence-electron chi connectivity index (χ2n) is 4.51. The zero-order valence-electron chi connectivity index (χ0n) is 11.6. The van der Waals surface area contributed by atoms with Crippen molar-refractivity contribution in [2.75, 3.05) is 17.7 Å². The predicted octanol–water partition coefficient (Wildman–Crippen LogP) is 1.72. The normalized spacial score (nSPS) is 10.3. The molecule has 1 heterocycles. The van der Waals surface area contributed by atoms with Crippen LogP contribution in [0.25, 0.3) is 0 Å². The van der Waals surface area contributed by atoms with Crippen molar-refractivity contribution in [3.05, 3.63) is 36.0 Å². The average molecular weight is 274 g/mol. The van der Waals surface area contributed by atoms with E-state index >= 15 is 0 Å². The van der Waals surface area contributed by atoms with E-state index in [4.69, 9.17) is 10.5 Å². The number of rotatable bonds is 5. The van der Waals surface area contributed by atoms with Crippen molar-refractivity contribution < 1.29 is 9.53 Å². The number of nitrogen functional groups attached to an aromatic ring is 1. The lowest BCUT2D eigenvalue weighted by Gasteiger charge is -2.07. The molecule has 0 bridgehead atoms. The number of carbonyl (C=O) groups is 1. The van der Waals surface area contributed by atoms with Crippen molar-refractivity contribution in [1.29, 1.82) is 0 Å². The molecule has 1 aromatic heterocycles. The van der Waals surface area contributed by atoms with E-state index < -0.39 is 0 Å². The summed E-state index contributed by atoms with van der Waals surface area (Å²) >= 11 is 0. The van der Waals surface area contributed by atoms with Crippen LogP contribution in [-0.4, -0.2) is 22.3 Å². The van der Waals surface area contributed by atoms with Crippen LogP contribution in [0.1, 0.15) is 12.1 Å². The number of amides is 1. The summed E-state index contributed by atoms with van der Waals surface area (Å²) in [5.74, 6) is 1.22. The third-order valence-electron chi connectivity index (χ3n) is 2.73. The molecule has 0 spiro atoms. The standard InChI is InChI=1S/C14H18N4O2/c1-10-8-13(18(2)17-10)16-14(19)6-7-20-12-5-3-4-11(15)9-12/h3-5,8-9H,6-7,15H2,1-2H3,(H,16,19). The van der Waals surface area contributed by atoms with Gasteiger partial charge in [0.15, 0.2) is 0 Å². The Kier molecular flexibility index (Phi) is 4.24. The van der Waals surface area contributed by atoms with Crippen LogP contribution in [-0.2, 0) is 11.8 Å². The Balaban J connectivity index is 1.79. The van der Waals surface area contributed by atoms with Crippen LogP contribution in [0.2, 0.25) is 0 Å². The number of nitrogens with one attached hydrogen (secondary N) is 1. The minimum absolute atomic E-state index is 0.114. The van der Waals surface area contributed by atoms with Gasteiger partial charge in [-0.15, -0.1) is 0 Å². The zero-order chi connectivity index (χ0) is 14.5. The van der Waals surface area contributed by atoms with Crippen LogP contribution in [0.15, 0.2) is 30.3 Å². The van der Waals surface area contributed by atoms with Crippen molar-refractivity contribution >= 4 is 17.4 Å². The molecule has 0 unspecified atom stereocenters. The Labute approximate surface area is 117 Å². The molecule has 0 aliphatic rings. The first-order valence-corrected chi connectivity index (χ1v) is 6.33. The number of hydrogen-bond acceptors (Lipinski definition) is 4. The average Bonchev–Trinajstić information content (AvgIpc) is 2.68. The molecule has 0 saturated carbocycles. The molecular weight excluding hydrogens is 256 g/mol. The van der Waals surface area contributed by atoms with Gasteiger partial charge in [0.05, 0.1) is 18.7 Å². The van der Waals surface area contributed by atoms with E-state index in [9.17, 15) is 4.79 Å². The second kappa shape index (κ2) is 6.10. The number of hydrogen-bond donors (Lipinski definition) is 2. The van der Waals surface area contributed by atoms with Gasteiger partial charge in [0, 0.05) is 24.9 Å². The van der Waals surface area contributed by atoms with Crippen molar-refractivity contribution in [1.82, 2.24) is 9.78 Å². The van der Waals surface area contributed by atoms with Gasteiger partial charge in [-0.25, -0.2) is 0 Å². The molecule has 6 nitrogen and oxygen atoms in total. The number of benzene rings is 1. The number of anilines is 2. The Morgan fingerprint density at radius 1 is 1.45 bits per heavy atom. The molecule has 0 aliphatic heterocycles. The first kappa shape index (κ1) is 13.9. The Bertz CT molecular complexity index is 607. The fourth-order valence-electron chi connectivity index (χ4n) is 1.80. The van der Waals surface area contributed by atoms with Gasteiger partial charge >= 0.3 is 0 Å². The summed E-state index contributed by atoms with van der Waals surface area (Å²) in [5, 5.41) is 6.94. The Morgan fingerprint density at radius 3 is 2.90 bits per heavy atom. The van der Waals surface area contributed by atoms with Crippen molar-refractivity contribution in [3.63, 3.8) is 0 Å². The molecule has 20 heavy (non-hydrogen) atoms. The van der Waals surface area contributed by atoms with Crippen LogP contribution >= 0.6 is 0 Å². The number of nitrogens with zero attached hydrogens (tertiary/aromatic N) is 2. The monoisotopic (exact) mass is 274 g/mol. The second-order valence-corrected chi connectivity index (χ2v) is 4.51. The summed E-state index contributed by atoms with van der Waals surface area (Å²) in [7, 11) is 1.78. The summed E-state index contributed by atoms with van der Waals surface area (Å²) in [6, 6.07) is 8.94. The lowest BCUT2D eigenvalue weighted by atomic mass is 10.3. The van der Waals surface area contributed by atoms with Gasteiger partial charge in [-0.1, -0.05) is 6.07 Å². The summed E-state index contributed by atoms with van der Waals surface area (Å²) in [6.07, 6.45) is 0.263. The molecule has 0 fully saturated rings. The number of nitrogens with two attached hydrogens (primary N) is 1. The first-order chi connectivity index (χ1) is 9.54. The van der Waals surface area contributed by atoms with Gasteiger partial charge in [0.2, 0.25) is 5.91 Å². The van der Waals surface area contributed by atoms with E-state index in [1.54, 1.807) is 29.9 Å². The van der Waals surface area contributed by atoms with Gasteiger partial charge in [0.1, 0.15) is 11.6 Å². The highest BCUT2D eigenvalue weighted by Gasteiger charge is 2.07. The summed E-state index contributed by atoms with van der Waals surface area (Å²) in [6.45, 7) is 2.17. The van der Waals surface area contributed by atoms with Crippen LogP contribution in [0.3, 0.4) is 0 Å². The van der Waals surface area contributed by atoms with Gasteiger partial charge in [-0.3, -0.25) is 9.48 Å².